The van der Waals surface area contributed by atoms with Crippen molar-refractivity contribution in [2.45, 2.75) is 38.6 Å². The molecule has 0 aromatic rings. The number of hydrogen-bond donors (Lipinski definition) is 3. The summed E-state index contributed by atoms with van der Waals surface area (Å²) in [4.78, 5) is 13.9. The highest BCUT2D eigenvalue weighted by molar-refractivity contribution is 6.41. The Hall–Kier alpha value is -1.36. The van der Waals surface area contributed by atoms with E-state index in [4.69, 9.17) is 5.41 Å². The lowest BCUT2D eigenvalue weighted by atomic mass is 9.80. The largest absolute Gasteiger partial charge is 0.394 e. The van der Waals surface area contributed by atoms with Crippen molar-refractivity contribution in [2.75, 3.05) is 26.7 Å². The number of nitrogens with one attached hydrogen (secondary N) is 3. The van der Waals surface area contributed by atoms with Crippen molar-refractivity contribution in [3.05, 3.63) is 12.3 Å². The molecule has 0 aromatic heterocycles. The molecule has 0 spiro atoms. The normalized spacial score (nSPS) is 22.0. The molecule has 0 bridgehead atoms. The Morgan fingerprint density at radius 1 is 1.40 bits per heavy atom. The van der Waals surface area contributed by atoms with Crippen LogP contribution in [0.25, 0.3) is 0 Å². The second-order valence-corrected chi connectivity index (χ2v) is 6.29. The van der Waals surface area contributed by atoms with Gasteiger partial charge >= 0.3 is 0 Å². The maximum atomic E-state index is 12.1. The molecule has 1 aliphatic heterocycles. The number of rotatable bonds is 6. The van der Waals surface area contributed by atoms with Gasteiger partial charge in [0.25, 0.3) is 5.91 Å². The Morgan fingerprint density at radius 2 is 2.05 bits per heavy atom. The van der Waals surface area contributed by atoms with Crippen LogP contribution in [0.15, 0.2) is 12.3 Å². The highest BCUT2D eigenvalue weighted by Crippen LogP contribution is 2.31. The van der Waals surface area contributed by atoms with Gasteiger partial charge in [-0.25, -0.2) is 0 Å². The molecule has 5 heteroatoms. The van der Waals surface area contributed by atoms with Crippen LogP contribution >= 0.6 is 0 Å². The van der Waals surface area contributed by atoms with E-state index >= 15 is 0 Å². The molecule has 2 aliphatic rings. The van der Waals surface area contributed by atoms with Gasteiger partial charge in [0.1, 0.15) is 5.71 Å². The smallest absolute Gasteiger partial charge is 0.271 e. The summed E-state index contributed by atoms with van der Waals surface area (Å²) in [5.41, 5.74) is 0.349. The molecule has 5 nitrogen and oxygen atoms in total. The summed E-state index contributed by atoms with van der Waals surface area (Å²) < 4.78 is 0. The van der Waals surface area contributed by atoms with E-state index in [-0.39, 0.29) is 11.6 Å². The first kappa shape index (κ1) is 15.0. The van der Waals surface area contributed by atoms with Crippen LogP contribution in [0.5, 0.6) is 0 Å². The van der Waals surface area contributed by atoms with Crippen LogP contribution < -0.4 is 10.6 Å². The van der Waals surface area contributed by atoms with Crippen molar-refractivity contribution in [3.8, 4) is 0 Å². The highest BCUT2D eigenvalue weighted by atomic mass is 16.2. The number of amides is 1. The zero-order chi connectivity index (χ0) is 14.6. The second kappa shape index (κ2) is 6.39. The van der Waals surface area contributed by atoms with Gasteiger partial charge in [-0.3, -0.25) is 10.2 Å². The first-order chi connectivity index (χ1) is 9.54. The number of likely N-dealkylation sites (tertiary alicyclic amines) is 1. The molecule has 1 aliphatic carbocycles. The molecule has 0 unspecified atom stereocenters. The topological polar surface area (TPSA) is 68.2 Å². The number of hydrogen-bond acceptors (Lipinski definition) is 4. The molecular weight excluding hydrogens is 252 g/mol. The van der Waals surface area contributed by atoms with Gasteiger partial charge in [0, 0.05) is 32.7 Å². The van der Waals surface area contributed by atoms with Gasteiger partial charge < -0.3 is 15.5 Å². The lowest BCUT2D eigenvalue weighted by Gasteiger charge is -2.39. The molecule has 3 N–H and O–H groups in total. The Bertz CT molecular complexity index is 393. The van der Waals surface area contributed by atoms with E-state index in [1.807, 2.05) is 0 Å². The standard InChI is InChI=1S/C15H26N4O/c1-15(11-18-12-3-4-12)6-9-19(10-7-15)14(20)13(16)5-8-17-2/h5,8,12,16-18H,3-4,6-7,9-11H2,1-2H3/b8-5-,16-13?. The third-order valence-electron chi connectivity index (χ3n) is 4.30. The van der Waals surface area contributed by atoms with E-state index < -0.39 is 0 Å². The molecule has 1 amide bonds. The van der Waals surface area contributed by atoms with Gasteiger partial charge in [0.15, 0.2) is 0 Å². The van der Waals surface area contributed by atoms with E-state index in [0.717, 1.165) is 38.5 Å². The number of piperidine rings is 1. The molecule has 2 rings (SSSR count). The van der Waals surface area contributed by atoms with Crippen molar-refractivity contribution in [3.63, 3.8) is 0 Å². The summed E-state index contributed by atoms with van der Waals surface area (Å²) in [6.07, 6.45) is 7.80. The van der Waals surface area contributed by atoms with Gasteiger partial charge in [-0.05, 0) is 43.4 Å². The minimum Gasteiger partial charge on any atom is -0.394 e. The van der Waals surface area contributed by atoms with Crippen molar-refractivity contribution in [1.82, 2.24) is 15.5 Å². The fourth-order valence-corrected chi connectivity index (χ4v) is 2.51. The maximum absolute atomic E-state index is 12.1. The molecule has 0 aromatic carbocycles. The highest BCUT2D eigenvalue weighted by Gasteiger charge is 2.33. The summed E-state index contributed by atoms with van der Waals surface area (Å²) in [5.74, 6) is -0.159. The van der Waals surface area contributed by atoms with E-state index in [1.54, 1.807) is 18.1 Å². The third kappa shape index (κ3) is 4.07. The van der Waals surface area contributed by atoms with E-state index in [9.17, 15) is 4.79 Å². The van der Waals surface area contributed by atoms with Crippen LogP contribution in [0.3, 0.4) is 0 Å². The minimum atomic E-state index is -0.159. The number of carbonyl (C=O) groups excluding carboxylic acids is 1. The lowest BCUT2D eigenvalue weighted by Crippen LogP contribution is -2.47. The van der Waals surface area contributed by atoms with Gasteiger partial charge in [-0.1, -0.05) is 6.92 Å². The monoisotopic (exact) mass is 278 g/mol. The van der Waals surface area contributed by atoms with Crippen LogP contribution in [0.2, 0.25) is 0 Å². The van der Waals surface area contributed by atoms with Crippen LogP contribution in [0.4, 0.5) is 0 Å². The van der Waals surface area contributed by atoms with Gasteiger partial charge in [-0.15, -0.1) is 0 Å². The Balaban J connectivity index is 1.78. The minimum absolute atomic E-state index is 0.0547. The number of carbonyl (C=O) groups is 1. The fraction of sp³-hybridized carbons (Fsp3) is 0.733. The zero-order valence-electron chi connectivity index (χ0n) is 12.5. The van der Waals surface area contributed by atoms with Crippen LogP contribution in [0, 0.1) is 10.8 Å². The molecule has 1 saturated carbocycles. The van der Waals surface area contributed by atoms with Gasteiger partial charge in [0.05, 0.1) is 0 Å². The van der Waals surface area contributed by atoms with Crippen LogP contribution in [-0.2, 0) is 4.79 Å². The summed E-state index contributed by atoms with van der Waals surface area (Å²) in [7, 11) is 1.76. The lowest BCUT2D eigenvalue weighted by molar-refractivity contribution is -0.126. The summed E-state index contributed by atoms with van der Waals surface area (Å²) in [6, 6.07) is 0.742. The molecule has 20 heavy (non-hydrogen) atoms. The summed E-state index contributed by atoms with van der Waals surface area (Å²) in [6.45, 7) is 4.88. The molecular formula is C15H26N4O. The van der Waals surface area contributed by atoms with Crippen molar-refractivity contribution < 1.29 is 4.79 Å². The molecule has 112 valence electrons. The van der Waals surface area contributed by atoms with Crippen molar-refractivity contribution >= 4 is 11.6 Å². The molecule has 1 heterocycles. The van der Waals surface area contributed by atoms with E-state index in [0.29, 0.717) is 5.41 Å². The maximum Gasteiger partial charge on any atom is 0.271 e. The van der Waals surface area contributed by atoms with E-state index in [2.05, 4.69) is 17.6 Å². The molecule has 1 saturated heterocycles. The fourth-order valence-electron chi connectivity index (χ4n) is 2.51. The first-order valence-electron chi connectivity index (χ1n) is 7.49. The van der Waals surface area contributed by atoms with E-state index in [1.165, 1.54) is 18.9 Å². The average molecular weight is 278 g/mol. The Kier molecular flexibility index (Phi) is 4.81. The Labute approximate surface area is 121 Å². The van der Waals surface area contributed by atoms with Gasteiger partial charge in [0.2, 0.25) is 0 Å². The van der Waals surface area contributed by atoms with Crippen molar-refractivity contribution in [2.24, 2.45) is 5.41 Å². The van der Waals surface area contributed by atoms with Gasteiger partial charge in [-0.2, -0.15) is 0 Å². The van der Waals surface area contributed by atoms with Crippen molar-refractivity contribution in [1.29, 1.82) is 5.41 Å². The number of nitrogens with zero attached hydrogens (tertiary/aromatic N) is 1. The predicted octanol–water partition coefficient (Wildman–Crippen LogP) is 1.12. The zero-order valence-corrected chi connectivity index (χ0v) is 12.5. The summed E-state index contributed by atoms with van der Waals surface area (Å²) in [5, 5.41) is 14.1. The summed E-state index contributed by atoms with van der Waals surface area (Å²) >= 11 is 0. The molecule has 0 atom stereocenters. The quantitative estimate of drug-likeness (QED) is 0.638. The van der Waals surface area contributed by atoms with Crippen LogP contribution in [-0.4, -0.2) is 49.2 Å². The average Bonchev–Trinajstić information content (AvgIpc) is 3.27. The third-order valence-corrected chi connectivity index (χ3v) is 4.30. The predicted molar refractivity (Wildman–Crippen MR) is 80.9 cm³/mol. The second-order valence-electron chi connectivity index (χ2n) is 6.29. The SMILES string of the molecule is CN/C=C\C(=N)C(=O)N1CCC(C)(CNC2CC2)CC1. The molecule has 0 radical (unpaired) electrons. The Morgan fingerprint density at radius 3 is 2.60 bits per heavy atom. The first-order valence-corrected chi connectivity index (χ1v) is 7.49. The van der Waals surface area contributed by atoms with Crippen LogP contribution in [0.1, 0.15) is 32.6 Å². The molecule has 2 fully saturated rings.